The first-order valence-electron chi connectivity index (χ1n) is 7.10. The third-order valence-electron chi connectivity index (χ3n) is 3.21. The van der Waals surface area contributed by atoms with E-state index in [-0.39, 0.29) is 10.7 Å². The van der Waals surface area contributed by atoms with E-state index in [1.54, 1.807) is 36.4 Å². The van der Waals surface area contributed by atoms with Crippen LogP contribution in [0.4, 0.5) is 17.2 Å². The van der Waals surface area contributed by atoms with Crippen LogP contribution in [0.5, 0.6) is 0 Å². The van der Waals surface area contributed by atoms with Gasteiger partial charge in [-0.3, -0.25) is 4.72 Å². The van der Waals surface area contributed by atoms with Gasteiger partial charge in [0.15, 0.2) is 0 Å². The van der Waals surface area contributed by atoms with E-state index < -0.39 is 10.0 Å². The van der Waals surface area contributed by atoms with Crippen LogP contribution in [-0.2, 0) is 10.0 Å². The third-order valence-corrected chi connectivity index (χ3v) is 4.91. The lowest BCUT2D eigenvalue weighted by Crippen LogP contribution is -2.13. The molecule has 122 valence electrons. The van der Waals surface area contributed by atoms with Gasteiger partial charge in [0.1, 0.15) is 5.82 Å². The molecule has 1 aromatic heterocycles. The fraction of sp³-hybridized carbons (Fsp3) is 0. The van der Waals surface area contributed by atoms with E-state index in [0.717, 1.165) is 5.69 Å². The Labute approximate surface area is 145 Å². The minimum atomic E-state index is -3.65. The van der Waals surface area contributed by atoms with E-state index in [1.807, 2.05) is 18.2 Å². The smallest absolute Gasteiger partial charge is 0.263 e. The number of rotatable bonds is 5. The van der Waals surface area contributed by atoms with Crippen molar-refractivity contribution in [2.24, 2.45) is 0 Å². The number of para-hydroxylation sites is 1. The number of aromatic nitrogens is 1. The van der Waals surface area contributed by atoms with Crippen molar-refractivity contribution in [1.29, 1.82) is 0 Å². The van der Waals surface area contributed by atoms with Crippen LogP contribution >= 0.6 is 11.6 Å². The zero-order valence-corrected chi connectivity index (χ0v) is 14.1. The normalized spacial score (nSPS) is 11.0. The van der Waals surface area contributed by atoms with E-state index in [0.29, 0.717) is 10.7 Å². The fourth-order valence-corrected chi connectivity index (χ4v) is 3.25. The number of nitrogens with one attached hydrogen (secondary N) is 2. The molecule has 0 saturated carbocycles. The second kappa shape index (κ2) is 6.90. The first-order valence-corrected chi connectivity index (χ1v) is 8.96. The number of anilines is 3. The Balaban J connectivity index is 1.74. The van der Waals surface area contributed by atoms with Crippen molar-refractivity contribution in [1.82, 2.24) is 4.98 Å². The van der Waals surface area contributed by atoms with Gasteiger partial charge in [-0.05, 0) is 36.4 Å². The molecule has 0 amide bonds. The maximum absolute atomic E-state index is 12.2. The third kappa shape index (κ3) is 3.84. The monoisotopic (exact) mass is 359 g/mol. The summed E-state index contributed by atoms with van der Waals surface area (Å²) in [4.78, 5) is 4.30. The largest absolute Gasteiger partial charge is 0.353 e. The average Bonchev–Trinajstić information content (AvgIpc) is 2.59. The molecular formula is C17H14ClN3O2S. The summed E-state index contributed by atoms with van der Waals surface area (Å²) in [5.74, 6) is 0.239. The maximum atomic E-state index is 12.2. The predicted molar refractivity (Wildman–Crippen MR) is 96.2 cm³/mol. The standard InChI is InChI=1S/C17H14ClN3O2S/c18-15-8-4-5-9-16(15)20-13-10-11-17(19-12-13)21-24(22,23)14-6-2-1-3-7-14/h1-12,20H,(H,19,21). The van der Waals surface area contributed by atoms with Gasteiger partial charge in [0.25, 0.3) is 10.0 Å². The van der Waals surface area contributed by atoms with E-state index in [2.05, 4.69) is 15.0 Å². The van der Waals surface area contributed by atoms with Crippen LogP contribution in [0.1, 0.15) is 0 Å². The van der Waals surface area contributed by atoms with Crippen LogP contribution in [0, 0.1) is 0 Å². The fourth-order valence-electron chi connectivity index (χ4n) is 2.04. The average molecular weight is 360 g/mol. The lowest BCUT2D eigenvalue weighted by atomic mass is 10.3. The molecule has 0 aliphatic carbocycles. The minimum Gasteiger partial charge on any atom is -0.353 e. The first-order chi connectivity index (χ1) is 11.5. The number of hydrogen-bond acceptors (Lipinski definition) is 4. The molecule has 3 aromatic rings. The molecule has 0 spiro atoms. The molecule has 0 atom stereocenters. The molecule has 2 aromatic carbocycles. The molecule has 0 aliphatic heterocycles. The van der Waals surface area contributed by atoms with Gasteiger partial charge in [0, 0.05) is 0 Å². The van der Waals surface area contributed by atoms with E-state index in [4.69, 9.17) is 11.6 Å². The number of nitrogens with zero attached hydrogens (tertiary/aromatic N) is 1. The Kier molecular flexibility index (Phi) is 4.69. The lowest BCUT2D eigenvalue weighted by molar-refractivity contribution is 0.601. The number of benzene rings is 2. The van der Waals surface area contributed by atoms with Gasteiger partial charge in [-0.2, -0.15) is 0 Å². The molecule has 1 heterocycles. The molecule has 3 rings (SSSR count). The molecule has 2 N–H and O–H groups in total. The summed E-state index contributed by atoms with van der Waals surface area (Å²) < 4.78 is 26.9. The number of hydrogen-bond donors (Lipinski definition) is 2. The molecule has 24 heavy (non-hydrogen) atoms. The van der Waals surface area contributed by atoms with Gasteiger partial charge in [-0.15, -0.1) is 0 Å². The summed E-state index contributed by atoms with van der Waals surface area (Å²) in [6.07, 6.45) is 1.53. The summed E-state index contributed by atoms with van der Waals surface area (Å²) in [5, 5.41) is 3.71. The second-order valence-corrected chi connectivity index (χ2v) is 7.05. The summed E-state index contributed by atoms with van der Waals surface area (Å²) in [6.45, 7) is 0. The van der Waals surface area contributed by atoms with Gasteiger partial charge in [0.05, 0.1) is 27.5 Å². The Morgan fingerprint density at radius 3 is 2.25 bits per heavy atom. The van der Waals surface area contributed by atoms with Crippen molar-refractivity contribution >= 4 is 38.8 Å². The van der Waals surface area contributed by atoms with Crippen molar-refractivity contribution in [3.8, 4) is 0 Å². The number of halogens is 1. The van der Waals surface area contributed by atoms with Crippen LogP contribution in [0.3, 0.4) is 0 Å². The van der Waals surface area contributed by atoms with E-state index >= 15 is 0 Å². The van der Waals surface area contributed by atoms with Crippen LogP contribution < -0.4 is 10.0 Å². The SMILES string of the molecule is O=S(=O)(Nc1ccc(Nc2ccccc2Cl)cn1)c1ccccc1. The van der Waals surface area contributed by atoms with Gasteiger partial charge >= 0.3 is 0 Å². The molecule has 0 saturated heterocycles. The van der Waals surface area contributed by atoms with Crippen molar-refractivity contribution in [3.05, 3.63) is 77.9 Å². The molecule has 7 heteroatoms. The Bertz CT molecular complexity index is 930. The quantitative estimate of drug-likeness (QED) is 0.713. The second-order valence-electron chi connectivity index (χ2n) is 4.96. The Morgan fingerprint density at radius 2 is 1.58 bits per heavy atom. The van der Waals surface area contributed by atoms with Crippen LogP contribution in [-0.4, -0.2) is 13.4 Å². The molecular weight excluding hydrogens is 346 g/mol. The first kappa shape index (κ1) is 16.3. The van der Waals surface area contributed by atoms with Crippen molar-refractivity contribution in [2.75, 3.05) is 10.0 Å². The summed E-state index contributed by atoms with van der Waals surface area (Å²) in [6, 6.07) is 18.8. The number of pyridine rings is 1. The van der Waals surface area contributed by atoms with E-state index in [1.165, 1.54) is 18.3 Å². The van der Waals surface area contributed by atoms with E-state index in [9.17, 15) is 8.42 Å². The van der Waals surface area contributed by atoms with Gasteiger partial charge in [-0.25, -0.2) is 13.4 Å². The predicted octanol–water partition coefficient (Wildman–Crippen LogP) is 4.28. The van der Waals surface area contributed by atoms with Crippen LogP contribution in [0.25, 0.3) is 0 Å². The van der Waals surface area contributed by atoms with Crippen LogP contribution in [0.15, 0.2) is 77.8 Å². The van der Waals surface area contributed by atoms with Crippen molar-refractivity contribution in [3.63, 3.8) is 0 Å². The molecule has 0 aliphatic rings. The summed E-state index contributed by atoms with van der Waals surface area (Å²) >= 11 is 6.09. The highest BCUT2D eigenvalue weighted by atomic mass is 35.5. The Hall–Kier alpha value is -2.57. The van der Waals surface area contributed by atoms with Gasteiger partial charge in [-0.1, -0.05) is 41.9 Å². The highest BCUT2D eigenvalue weighted by Gasteiger charge is 2.13. The molecule has 0 unspecified atom stereocenters. The molecule has 5 nitrogen and oxygen atoms in total. The number of sulfonamides is 1. The van der Waals surface area contributed by atoms with Crippen molar-refractivity contribution in [2.45, 2.75) is 4.90 Å². The zero-order valence-electron chi connectivity index (χ0n) is 12.5. The Morgan fingerprint density at radius 1 is 0.875 bits per heavy atom. The van der Waals surface area contributed by atoms with Gasteiger partial charge in [0.2, 0.25) is 0 Å². The molecule has 0 radical (unpaired) electrons. The zero-order chi connectivity index (χ0) is 17.0. The van der Waals surface area contributed by atoms with Crippen molar-refractivity contribution < 1.29 is 8.42 Å². The van der Waals surface area contributed by atoms with Gasteiger partial charge < -0.3 is 5.32 Å². The highest BCUT2D eigenvalue weighted by molar-refractivity contribution is 7.92. The topological polar surface area (TPSA) is 71.1 Å². The summed E-state index contributed by atoms with van der Waals surface area (Å²) in [5.41, 5.74) is 1.45. The highest BCUT2D eigenvalue weighted by Crippen LogP contribution is 2.25. The maximum Gasteiger partial charge on any atom is 0.263 e. The minimum absolute atomic E-state index is 0.185. The molecule has 0 fully saturated rings. The van der Waals surface area contributed by atoms with Crippen LogP contribution in [0.2, 0.25) is 5.02 Å². The lowest BCUT2D eigenvalue weighted by Gasteiger charge is -2.10. The summed E-state index contributed by atoms with van der Waals surface area (Å²) in [7, 11) is -3.65. The molecule has 0 bridgehead atoms.